The van der Waals surface area contributed by atoms with Gasteiger partial charge in [-0.3, -0.25) is 9.97 Å². The predicted octanol–water partition coefficient (Wildman–Crippen LogP) is 4.47. The summed E-state index contributed by atoms with van der Waals surface area (Å²) in [6.45, 7) is 0. The molecule has 0 bridgehead atoms. The van der Waals surface area contributed by atoms with Crippen LogP contribution in [0.5, 0.6) is 5.75 Å². The van der Waals surface area contributed by atoms with Gasteiger partial charge in [-0.05, 0) is 36.4 Å². The number of halogens is 1. The average Bonchev–Trinajstić information content (AvgIpc) is 2.55. The van der Waals surface area contributed by atoms with Gasteiger partial charge in [0.25, 0.3) is 0 Å². The van der Waals surface area contributed by atoms with Crippen molar-refractivity contribution in [2.75, 3.05) is 7.11 Å². The lowest BCUT2D eigenvalue weighted by Crippen LogP contribution is -1.92. The Morgan fingerprint density at radius 1 is 0.857 bits per heavy atom. The van der Waals surface area contributed by atoms with Crippen LogP contribution >= 0.6 is 11.6 Å². The second-order valence-corrected chi connectivity index (χ2v) is 4.93. The maximum atomic E-state index is 6.07. The number of hydrogen-bond acceptors (Lipinski definition) is 3. The van der Waals surface area contributed by atoms with Gasteiger partial charge in [0.2, 0.25) is 0 Å². The van der Waals surface area contributed by atoms with Crippen molar-refractivity contribution in [2.24, 2.45) is 0 Å². The molecule has 0 fully saturated rings. The highest BCUT2D eigenvalue weighted by atomic mass is 35.5. The molecule has 0 atom stereocenters. The van der Waals surface area contributed by atoms with Crippen molar-refractivity contribution in [1.29, 1.82) is 0 Å². The Labute approximate surface area is 128 Å². The zero-order chi connectivity index (χ0) is 14.7. The Morgan fingerprint density at radius 2 is 1.52 bits per heavy atom. The summed E-state index contributed by atoms with van der Waals surface area (Å²) in [4.78, 5) is 8.92. The van der Waals surface area contributed by atoms with Crippen LogP contribution in [0.2, 0.25) is 5.02 Å². The highest BCUT2D eigenvalue weighted by Crippen LogP contribution is 2.30. The van der Waals surface area contributed by atoms with E-state index in [4.69, 9.17) is 16.3 Å². The van der Waals surface area contributed by atoms with Crippen LogP contribution in [0.25, 0.3) is 22.5 Å². The summed E-state index contributed by atoms with van der Waals surface area (Å²) in [5.41, 5.74) is 3.56. The Hall–Kier alpha value is -2.39. The van der Waals surface area contributed by atoms with Crippen molar-refractivity contribution in [3.05, 3.63) is 65.9 Å². The first-order valence-corrected chi connectivity index (χ1v) is 6.87. The van der Waals surface area contributed by atoms with E-state index in [1.54, 1.807) is 19.5 Å². The molecule has 0 saturated heterocycles. The third-order valence-electron chi connectivity index (χ3n) is 3.16. The first-order valence-electron chi connectivity index (χ1n) is 6.49. The molecule has 3 aromatic rings. The van der Waals surface area contributed by atoms with Crippen molar-refractivity contribution in [3.63, 3.8) is 0 Å². The molecule has 0 amide bonds. The highest BCUT2D eigenvalue weighted by Gasteiger charge is 2.10. The zero-order valence-electron chi connectivity index (χ0n) is 11.5. The topological polar surface area (TPSA) is 35.0 Å². The van der Waals surface area contributed by atoms with Crippen molar-refractivity contribution < 1.29 is 4.74 Å². The fourth-order valence-corrected chi connectivity index (χ4v) is 2.34. The number of ether oxygens (including phenoxy) is 1. The number of rotatable bonds is 3. The summed E-state index contributed by atoms with van der Waals surface area (Å²) in [6.07, 6.45) is 3.37. The normalized spacial score (nSPS) is 10.4. The summed E-state index contributed by atoms with van der Waals surface area (Å²) >= 11 is 6.07. The van der Waals surface area contributed by atoms with Crippen molar-refractivity contribution in [1.82, 2.24) is 9.97 Å². The maximum absolute atomic E-state index is 6.07. The smallest absolute Gasteiger partial charge is 0.118 e. The molecule has 21 heavy (non-hydrogen) atoms. The molecule has 0 N–H and O–H groups in total. The van der Waals surface area contributed by atoms with E-state index in [1.165, 1.54) is 0 Å². The molecule has 4 heteroatoms. The molecule has 3 nitrogen and oxygen atoms in total. The molecule has 1 aromatic heterocycles. The maximum Gasteiger partial charge on any atom is 0.118 e. The standard InChI is InChI=1S/C17H13ClN2O/c1-21-15-7-5-12(6-8-15)16-17(20-10-9-19-16)13-3-2-4-14(18)11-13/h2-11H,1H3. The van der Waals surface area contributed by atoms with Gasteiger partial charge in [-0.1, -0.05) is 23.7 Å². The van der Waals surface area contributed by atoms with Crippen molar-refractivity contribution >= 4 is 11.6 Å². The lowest BCUT2D eigenvalue weighted by Gasteiger charge is -2.08. The van der Waals surface area contributed by atoms with Gasteiger partial charge >= 0.3 is 0 Å². The fourth-order valence-electron chi connectivity index (χ4n) is 2.15. The minimum absolute atomic E-state index is 0.679. The molecular weight excluding hydrogens is 284 g/mol. The fraction of sp³-hybridized carbons (Fsp3) is 0.0588. The molecule has 0 unspecified atom stereocenters. The molecule has 0 aliphatic carbocycles. The van der Waals surface area contributed by atoms with Gasteiger partial charge in [0.15, 0.2) is 0 Å². The monoisotopic (exact) mass is 296 g/mol. The van der Waals surface area contributed by atoms with Gasteiger partial charge in [-0.15, -0.1) is 0 Å². The van der Waals surface area contributed by atoms with E-state index in [2.05, 4.69) is 9.97 Å². The molecule has 1 heterocycles. The van der Waals surface area contributed by atoms with Gasteiger partial charge in [-0.2, -0.15) is 0 Å². The third-order valence-corrected chi connectivity index (χ3v) is 3.39. The second kappa shape index (κ2) is 5.94. The van der Waals surface area contributed by atoms with Crippen LogP contribution in [0.3, 0.4) is 0 Å². The van der Waals surface area contributed by atoms with Gasteiger partial charge in [0.05, 0.1) is 18.5 Å². The van der Waals surface area contributed by atoms with Crippen molar-refractivity contribution in [2.45, 2.75) is 0 Å². The largest absolute Gasteiger partial charge is 0.497 e. The minimum Gasteiger partial charge on any atom is -0.497 e. The number of nitrogens with zero attached hydrogens (tertiary/aromatic N) is 2. The Morgan fingerprint density at radius 3 is 2.14 bits per heavy atom. The highest BCUT2D eigenvalue weighted by molar-refractivity contribution is 6.30. The molecule has 0 radical (unpaired) electrons. The van der Waals surface area contributed by atoms with Crippen LogP contribution < -0.4 is 4.74 Å². The third kappa shape index (κ3) is 2.88. The number of aromatic nitrogens is 2. The summed E-state index contributed by atoms with van der Waals surface area (Å²) in [7, 11) is 1.65. The number of benzene rings is 2. The summed E-state index contributed by atoms with van der Waals surface area (Å²) in [6, 6.07) is 15.4. The molecule has 0 aliphatic rings. The summed E-state index contributed by atoms with van der Waals surface area (Å²) in [5.74, 6) is 0.812. The van der Waals surface area contributed by atoms with Crippen molar-refractivity contribution in [3.8, 4) is 28.3 Å². The minimum atomic E-state index is 0.679. The number of hydrogen-bond donors (Lipinski definition) is 0. The van der Waals surface area contributed by atoms with Gasteiger partial charge < -0.3 is 4.74 Å². The van der Waals surface area contributed by atoms with Crippen LogP contribution in [0, 0.1) is 0 Å². The van der Waals surface area contributed by atoms with Crippen LogP contribution in [0.1, 0.15) is 0 Å². The SMILES string of the molecule is COc1ccc(-c2nccnc2-c2cccc(Cl)c2)cc1. The van der Waals surface area contributed by atoms with Gasteiger partial charge in [0.1, 0.15) is 5.75 Å². The van der Waals surface area contributed by atoms with E-state index in [0.29, 0.717) is 5.02 Å². The summed E-state index contributed by atoms with van der Waals surface area (Å²) in [5, 5.41) is 0.679. The van der Waals surface area contributed by atoms with Gasteiger partial charge in [0, 0.05) is 28.5 Å². The molecular formula is C17H13ClN2O. The van der Waals surface area contributed by atoms with E-state index in [0.717, 1.165) is 28.3 Å². The first kappa shape index (κ1) is 13.6. The Balaban J connectivity index is 2.11. The van der Waals surface area contributed by atoms with E-state index in [1.807, 2.05) is 48.5 Å². The Bertz CT molecular complexity index is 757. The second-order valence-electron chi connectivity index (χ2n) is 4.49. The quantitative estimate of drug-likeness (QED) is 0.715. The van der Waals surface area contributed by atoms with Crippen LogP contribution in [0.15, 0.2) is 60.9 Å². The molecule has 0 saturated carbocycles. The number of methoxy groups -OCH3 is 1. The van der Waals surface area contributed by atoms with E-state index in [9.17, 15) is 0 Å². The first-order chi connectivity index (χ1) is 10.3. The molecule has 0 spiro atoms. The Kier molecular flexibility index (Phi) is 3.84. The molecule has 104 valence electrons. The molecule has 0 aliphatic heterocycles. The van der Waals surface area contributed by atoms with Crippen LogP contribution in [0.4, 0.5) is 0 Å². The van der Waals surface area contributed by atoms with E-state index in [-0.39, 0.29) is 0 Å². The average molecular weight is 297 g/mol. The van der Waals surface area contributed by atoms with Crippen LogP contribution in [-0.2, 0) is 0 Å². The predicted molar refractivity (Wildman–Crippen MR) is 84.5 cm³/mol. The van der Waals surface area contributed by atoms with Crippen LogP contribution in [-0.4, -0.2) is 17.1 Å². The lowest BCUT2D eigenvalue weighted by molar-refractivity contribution is 0.415. The molecule has 3 rings (SSSR count). The van der Waals surface area contributed by atoms with E-state index < -0.39 is 0 Å². The summed E-state index contributed by atoms with van der Waals surface area (Å²) < 4.78 is 5.18. The lowest BCUT2D eigenvalue weighted by atomic mass is 10.0. The zero-order valence-corrected chi connectivity index (χ0v) is 12.2. The van der Waals surface area contributed by atoms with E-state index >= 15 is 0 Å². The molecule has 2 aromatic carbocycles. The van der Waals surface area contributed by atoms with Gasteiger partial charge in [-0.25, -0.2) is 0 Å².